The molecular formula is C16H24BNO5S. The first-order valence-electron chi connectivity index (χ1n) is 8.16. The van der Waals surface area contributed by atoms with E-state index in [1.807, 2.05) is 27.7 Å². The summed E-state index contributed by atoms with van der Waals surface area (Å²) in [7, 11) is -4.09. The third-order valence-electron chi connectivity index (χ3n) is 5.15. The first-order chi connectivity index (χ1) is 11.0. The van der Waals surface area contributed by atoms with Gasteiger partial charge in [0.05, 0.1) is 22.2 Å². The van der Waals surface area contributed by atoms with Crippen LogP contribution in [0.25, 0.3) is 0 Å². The molecule has 0 aromatic heterocycles. The Bertz CT molecular complexity index is 694. The SMILES string of the molecule is CC1(C)OB(c2ccc(S(=O)(=O)NC3CC(O)C3)cc2)OC1(C)C. The van der Waals surface area contributed by atoms with Crippen molar-refractivity contribution in [1.82, 2.24) is 4.72 Å². The number of hydrogen-bond acceptors (Lipinski definition) is 5. The minimum Gasteiger partial charge on any atom is -0.399 e. The summed E-state index contributed by atoms with van der Waals surface area (Å²) in [5.74, 6) is 0. The molecule has 1 saturated heterocycles. The average molecular weight is 353 g/mol. The maximum atomic E-state index is 12.3. The summed E-state index contributed by atoms with van der Waals surface area (Å²) in [4.78, 5) is 0.198. The van der Waals surface area contributed by atoms with Crippen LogP contribution in [0.2, 0.25) is 0 Å². The van der Waals surface area contributed by atoms with Crippen molar-refractivity contribution in [3.63, 3.8) is 0 Å². The highest BCUT2D eigenvalue weighted by atomic mass is 32.2. The van der Waals surface area contributed by atoms with Crippen molar-refractivity contribution in [3.05, 3.63) is 24.3 Å². The molecule has 6 nitrogen and oxygen atoms in total. The van der Waals surface area contributed by atoms with Gasteiger partial charge in [0.2, 0.25) is 10.0 Å². The van der Waals surface area contributed by atoms with Gasteiger partial charge >= 0.3 is 7.12 Å². The van der Waals surface area contributed by atoms with Crippen LogP contribution in [0.1, 0.15) is 40.5 Å². The topological polar surface area (TPSA) is 84.9 Å². The Kier molecular flexibility index (Phi) is 4.33. The molecule has 0 bridgehead atoms. The van der Waals surface area contributed by atoms with Gasteiger partial charge in [-0.1, -0.05) is 12.1 Å². The first kappa shape index (κ1) is 17.9. The fourth-order valence-corrected chi connectivity index (χ4v) is 4.02. The molecule has 2 N–H and O–H groups in total. The summed E-state index contributed by atoms with van der Waals surface area (Å²) in [5, 5.41) is 9.27. The second kappa shape index (κ2) is 5.81. The molecule has 1 heterocycles. The van der Waals surface area contributed by atoms with Crippen molar-refractivity contribution in [1.29, 1.82) is 0 Å². The number of hydrogen-bond donors (Lipinski definition) is 2. The Morgan fingerprint density at radius 3 is 2.04 bits per heavy atom. The molecule has 1 aliphatic heterocycles. The lowest BCUT2D eigenvalue weighted by molar-refractivity contribution is 0.00578. The smallest absolute Gasteiger partial charge is 0.399 e. The zero-order valence-corrected chi connectivity index (χ0v) is 15.3. The van der Waals surface area contributed by atoms with E-state index in [4.69, 9.17) is 9.31 Å². The largest absolute Gasteiger partial charge is 0.494 e. The van der Waals surface area contributed by atoms with E-state index in [0.717, 1.165) is 5.46 Å². The van der Waals surface area contributed by atoms with Crippen molar-refractivity contribution < 1.29 is 22.8 Å². The average Bonchev–Trinajstić information content (AvgIpc) is 2.66. The van der Waals surface area contributed by atoms with E-state index in [9.17, 15) is 13.5 Å². The predicted octanol–water partition coefficient (Wildman–Crippen LogP) is 0.787. The summed E-state index contributed by atoms with van der Waals surface area (Å²) in [6.07, 6.45) is 0.527. The van der Waals surface area contributed by atoms with Crippen molar-refractivity contribution >= 4 is 22.6 Å². The van der Waals surface area contributed by atoms with E-state index >= 15 is 0 Å². The van der Waals surface area contributed by atoms with Crippen LogP contribution in [-0.2, 0) is 19.3 Å². The zero-order valence-electron chi connectivity index (χ0n) is 14.4. The van der Waals surface area contributed by atoms with Gasteiger partial charge in [-0.25, -0.2) is 13.1 Å². The number of aliphatic hydroxyl groups is 1. The van der Waals surface area contributed by atoms with Gasteiger partial charge in [-0.05, 0) is 58.1 Å². The van der Waals surface area contributed by atoms with E-state index in [0.29, 0.717) is 12.8 Å². The minimum absolute atomic E-state index is 0.187. The maximum Gasteiger partial charge on any atom is 0.494 e. The third kappa shape index (κ3) is 3.26. The maximum absolute atomic E-state index is 12.3. The standard InChI is InChI=1S/C16H24BNO5S/c1-15(2)16(3,4)23-17(22-15)11-5-7-14(8-6-11)24(20,21)18-12-9-13(19)10-12/h5-8,12-13,18-19H,9-10H2,1-4H3. The second-order valence-electron chi connectivity index (χ2n) is 7.60. The molecule has 132 valence electrons. The number of aliphatic hydroxyl groups excluding tert-OH is 1. The van der Waals surface area contributed by atoms with Crippen LogP contribution in [0.15, 0.2) is 29.2 Å². The van der Waals surface area contributed by atoms with Crippen molar-refractivity contribution in [2.75, 3.05) is 0 Å². The van der Waals surface area contributed by atoms with Crippen molar-refractivity contribution in [3.8, 4) is 0 Å². The molecule has 0 atom stereocenters. The molecule has 2 aliphatic rings. The summed E-state index contributed by atoms with van der Waals surface area (Å²) in [6.45, 7) is 7.90. The van der Waals surface area contributed by atoms with Gasteiger partial charge in [-0.2, -0.15) is 0 Å². The molecule has 24 heavy (non-hydrogen) atoms. The van der Waals surface area contributed by atoms with Crippen LogP contribution >= 0.6 is 0 Å². The molecule has 1 aliphatic carbocycles. The summed E-state index contributed by atoms with van der Waals surface area (Å²) in [5.41, 5.74) is -0.0870. The highest BCUT2D eigenvalue weighted by molar-refractivity contribution is 7.89. The Balaban J connectivity index is 1.72. The summed E-state index contributed by atoms with van der Waals surface area (Å²) < 4.78 is 39.2. The molecular weight excluding hydrogens is 329 g/mol. The van der Waals surface area contributed by atoms with E-state index in [2.05, 4.69) is 4.72 Å². The van der Waals surface area contributed by atoms with Crippen LogP contribution in [0.3, 0.4) is 0 Å². The molecule has 3 rings (SSSR count). The van der Waals surface area contributed by atoms with Crippen LogP contribution in [-0.4, -0.2) is 44.0 Å². The molecule has 1 aromatic carbocycles. The van der Waals surface area contributed by atoms with Gasteiger partial charge in [0.15, 0.2) is 0 Å². The Hall–Kier alpha value is -0.925. The minimum atomic E-state index is -3.57. The molecule has 0 amide bonds. The van der Waals surface area contributed by atoms with Crippen molar-refractivity contribution in [2.45, 2.75) is 68.8 Å². The van der Waals surface area contributed by atoms with E-state index in [1.165, 1.54) is 0 Å². The van der Waals surface area contributed by atoms with E-state index in [1.54, 1.807) is 24.3 Å². The molecule has 2 fully saturated rings. The molecule has 0 unspecified atom stereocenters. The molecule has 1 saturated carbocycles. The van der Waals surface area contributed by atoms with E-state index in [-0.39, 0.29) is 10.9 Å². The lowest BCUT2D eigenvalue weighted by atomic mass is 9.79. The molecule has 8 heteroatoms. The number of rotatable bonds is 4. The highest BCUT2D eigenvalue weighted by Crippen LogP contribution is 2.36. The van der Waals surface area contributed by atoms with E-state index < -0.39 is 34.4 Å². The first-order valence-corrected chi connectivity index (χ1v) is 9.64. The number of sulfonamides is 1. The zero-order chi connectivity index (χ0) is 17.8. The quantitative estimate of drug-likeness (QED) is 0.782. The van der Waals surface area contributed by atoms with Crippen molar-refractivity contribution in [2.24, 2.45) is 0 Å². The van der Waals surface area contributed by atoms with Gasteiger partial charge in [-0.15, -0.1) is 0 Å². The molecule has 0 radical (unpaired) electrons. The van der Waals surface area contributed by atoms with Gasteiger partial charge < -0.3 is 14.4 Å². The second-order valence-corrected chi connectivity index (χ2v) is 9.31. The van der Waals surface area contributed by atoms with Gasteiger partial charge in [0.1, 0.15) is 0 Å². The van der Waals surface area contributed by atoms with Crippen LogP contribution in [0.5, 0.6) is 0 Å². The predicted molar refractivity (Wildman–Crippen MR) is 91.5 cm³/mol. The number of benzene rings is 1. The lowest BCUT2D eigenvalue weighted by Gasteiger charge is -2.32. The summed E-state index contributed by atoms with van der Waals surface area (Å²) >= 11 is 0. The summed E-state index contributed by atoms with van der Waals surface area (Å²) in [6, 6.07) is 6.35. The Morgan fingerprint density at radius 2 is 1.58 bits per heavy atom. The third-order valence-corrected chi connectivity index (χ3v) is 6.69. The lowest BCUT2D eigenvalue weighted by Crippen LogP contribution is -2.46. The highest BCUT2D eigenvalue weighted by Gasteiger charge is 2.51. The Morgan fingerprint density at radius 1 is 1.08 bits per heavy atom. The normalized spacial score (nSPS) is 28.6. The number of nitrogens with one attached hydrogen (secondary N) is 1. The van der Waals surface area contributed by atoms with Crippen LogP contribution < -0.4 is 10.2 Å². The molecule has 1 aromatic rings. The van der Waals surface area contributed by atoms with Crippen LogP contribution in [0.4, 0.5) is 0 Å². The van der Waals surface area contributed by atoms with Gasteiger partial charge in [-0.3, -0.25) is 0 Å². The molecule has 0 spiro atoms. The van der Waals surface area contributed by atoms with Gasteiger partial charge in [0, 0.05) is 6.04 Å². The Labute approximate surface area is 143 Å². The fourth-order valence-electron chi connectivity index (χ4n) is 2.75. The van der Waals surface area contributed by atoms with Gasteiger partial charge in [0.25, 0.3) is 0 Å². The van der Waals surface area contributed by atoms with Crippen LogP contribution in [0, 0.1) is 0 Å². The monoisotopic (exact) mass is 353 g/mol. The fraction of sp³-hybridized carbons (Fsp3) is 0.625.